The molecule has 0 aromatic heterocycles. The van der Waals surface area contributed by atoms with Crippen molar-refractivity contribution in [2.45, 2.75) is 31.9 Å². The van der Waals surface area contributed by atoms with Crippen LogP contribution in [0.25, 0.3) is 17.2 Å². The number of aromatic hydroxyl groups is 1. The monoisotopic (exact) mass is 754 g/mol. The molecule has 3 rings (SSSR count). The van der Waals surface area contributed by atoms with E-state index in [1.807, 2.05) is 42.5 Å². The molecule has 0 saturated carbocycles. The van der Waals surface area contributed by atoms with E-state index in [2.05, 4.69) is 36.5 Å². The molecule has 0 bridgehead atoms. The first kappa shape index (κ1) is 46.1. The number of nitrogens with one attached hydrogen (secondary N) is 1. The van der Waals surface area contributed by atoms with Gasteiger partial charge in [-0.25, -0.2) is 14.4 Å². The summed E-state index contributed by atoms with van der Waals surface area (Å²) in [5, 5.41) is 33.8. The highest BCUT2D eigenvalue weighted by molar-refractivity contribution is 5.99. The van der Waals surface area contributed by atoms with E-state index in [4.69, 9.17) is 35.4 Å². The number of rotatable bonds is 8. The van der Waals surface area contributed by atoms with Crippen molar-refractivity contribution in [1.82, 2.24) is 5.32 Å². The molecular formula is C33H31F9N2O8. The fourth-order valence-corrected chi connectivity index (χ4v) is 3.49. The number of benzene rings is 3. The fourth-order valence-electron chi connectivity index (χ4n) is 3.49. The van der Waals surface area contributed by atoms with Gasteiger partial charge in [0.25, 0.3) is 0 Å². The van der Waals surface area contributed by atoms with E-state index < -0.39 is 36.4 Å². The van der Waals surface area contributed by atoms with Gasteiger partial charge in [0.15, 0.2) is 0 Å². The number of halogens is 9. The number of allylic oxidation sites excluding steroid dienone is 1. The summed E-state index contributed by atoms with van der Waals surface area (Å²) in [6.45, 7) is 3.03. The lowest BCUT2D eigenvalue weighted by Crippen LogP contribution is -2.27. The third-order valence-electron chi connectivity index (χ3n) is 5.73. The number of carboxylic acid groups (broad SMARTS) is 3. The van der Waals surface area contributed by atoms with Crippen molar-refractivity contribution in [2.75, 3.05) is 13.1 Å². The van der Waals surface area contributed by atoms with Crippen LogP contribution in [0.15, 0.2) is 84.9 Å². The summed E-state index contributed by atoms with van der Waals surface area (Å²) in [5.41, 5.74) is 12.0. The molecule has 0 atom stereocenters. The molecule has 0 aliphatic rings. The zero-order chi connectivity index (χ0) is 40.3. The zero-order valence-corrected chi connectivity index (χ0v) is 26.7. The van der Waals surface area contributed by atoms with Crippen molar-refractivity contribution in [3.05, 3.63) is 107 Å². The van der Waals surface area contributed by atoms with Gasteiger partial charge in [-0.1, -0.05) is 73.7 Å². The number of nitrogens with two attached hydrogens (primary N) is 1. The van der Waals surface area contributed by atoms with Crippen LogP contribution >= 0.6 is 0 Å². The van der Waals surface area contributed by atoms with Crippen molar-refractivity contribution < 1.29 is 79.1 Å². The second-order valence-electron chi connectivity index (χ2n) is 9.56. The molecule has 0 spiro atoms. The molecule has 7 N–H and O–H groups in total. The minimum Gasteiger partial charge on any atom is -0.508 e. The summed E-state index contributed by atoms with van der Waals surface area (Å²) >= 11 is 0. The van der Waals surface area contributed by atoms with E-state index in [1.54, 1.807) is 18.2 Å². The van der Waals surface area contributed by atoms with Gasteiger partial charge in [0.05, 0.1) is 0 Å². The highest BCUT2D eigenvalue weighted by atomic mass is 19.4. The zero-order valence-electron chi connectivity index (χ0n) is 26.7. The van der Waals surface area contributed by atoms with Crippen LogP contribution in [0.1, 0.15) is 35.6 Å². The van der Waals surface area contributed by atoms with E-state index in [0.717, 1.165) is 28.7 Å². The van der Waals surface area contributed by atoms with Crippen LogP contribution in [0.5, 0.6) is 5.75 Å². The average molecular weight is 755 g/mol. The molecule has 0 radical (unpaired) electrons. The number of aliphatic carboxylic acids is 3. The predicted octanol–water partition coefficient (Wildman–Crippen LogP) is 6.75. The Labute approximate surface area is 289 Å². The molecule has 0 aliphatic heterocycles. The van der Waals surface area contributed by atoms with Crippen LogP contribution in [0, 0.1) is 0 Å². The van der Waals surface area contributed by atoms with Gasteiger partial charge in [0, 0.05) is 19.2 Å². The number of hydrogen-bond acceptors (Lipinski definition) is 6. The summed E-state index contributed by atoms with van der Waals surface area (Å²) in [7, 11) is 0. The Morgan fingerprint density at radius 3 is 1.38 bits per heavy atom. The number of alkyl halides is 9. The Balaban J connectivity index is 0.00000101. The lowest BCUT2D eigenvalue weighted by molar-refractivity contribution is -0.193. The van der Waals surface area contributed by atoms with E-state index in [0.29, 0.717) is 13.1 Å². The number of phenols is 1. The molecular weight excluding hydrogens is 723 g/mol. The van der Waals surface area contributed by atoms with Gasteiger partial charge in [0.1, 0.15) is 5.75 Å². The number of phenolic OH excluding ortho intramolecular Hbond substituents is 1. The Kier molecular flexibility index (Phi) is 19.0. The van der Waals surface area contributed by atoms with Crippen LogP contribution in [-0.2, 0) is 19.2 Å². The molecule has 10 nitrogen and oxygen atoms in total. The smallest absolute Gasteiger partial charge is 0.490 e. The Hall–Kier alpha value is -5.85. The first-order chi connectivity index (χ1) is 23.9. The van der Waals surface area contributed by atoms with Gasteiger partial charge in [0.2, 0.25) is 5.91 Å². The van der Waals surface area contributed by atoms with Gasteiger partial charge in [-0.2, -0.15) is 39.5 Å². The fraction of sp³-hybridized carbons (Fsp3) is 0.212. The molecule has 19 heteroatoms. The van der Waals surface area contributed by atoms with Crippen LogP contribution < -0.4 is 11.1 Å². The van der Waals surface area contributed by atoms with Crippen molar-refractivity contribution in [1.29, 1.82) is 0 Å². The van der Waals surface area contributed by atoms with Crippen molar-refractivity contribution in [2.24, 2.45) is 5.73 Å². The van der Waals surface area contributed by atoms with E-state index in [9.17, 15) is 49.4 Å². The second kappa shape index (κ2) is 21.4. The molecule has 0 unspecified atom stereocenters. The molecule has 3 aromatic rings. The summed E-state index contributed by atoms with van der Waals surface area (Å²) in [4.78, 5) is 38.5. The lowest BCUT2D eigenvalue weighted by atomic mass is 9.88. The quantitative estimate of drug-likeness (QED) is 0.0822. The van der Waals surface area contributed by atoms with Gasteiger partial charge in [-0.3, -0.25) is 4.79 Å². The minimum absolute atomic E-state index is 0.156. The van der Waals surface area contributed by atoms with Crippen LogP contribution in [0.3, 0.4) is 0 Å². The topological polar surface area (TPSA) is 187 Å². The molecule has 0 saturated heterocycles. The molecule has 0 aliphatic carbocycles. The molecule has 0 heterocycles. The summed E-state index contributed by atoms with van der Waals surface area (Å²) in [6, 6.07) is 25.8. The van der Waals surface area contributed by atoms with E-state index in [1.165, 1.54) is 17.2 Å². The van der Waals surface area contributed by atoms with Crippen LogP contribution in [0.2, 0.25) is 0 Å². The highest BCUT2D eigenvalue weighted by Gasteiger charge is 2.39. The van der Waals surface area contributed by atoms with Crippen molar-refractivity contribution >= 4 is 41.0 Å². The maximum Gasteiger partial charge on any atom is 0.490 e. The SMILES string of the molecule is CC/C(=C(/c1ccc(O)cc1)c1ccc(/C=C/C(=O)NCCN)cc1)c1ccccc1.O=C(O)C(F)(F)F.O=C(O)C(F)(F)F.O=C(O)C(F)(F)F. The highest BCUT2D eigenvalue weighted by Crippen LogP contribution is 2.35. The minimum atomic E-state index is -5.08. The third kappa shape index (κ3) is 18.2. The molecule has 0 fully saturated rings. The Morgan fingerprint density at radius 2 is 1.04 bits per heavy atom. The number of carboxylic acids is 3. The van der Waals surface area contributed by atoms with Crippen LogP contribution in [0.4, 0.5) is 39.5 Å². The number of carbonyl (C=O) groups excluding carboxylic acids is 1. The third-order valence-corrected chi connectivity index (χ3v) is 5.73. The second-order valence-corrected chi connectivity index (χ2v) is 9.56. The Morgan fingerprint density at radius 1 is 0.654 bits per heavy atom. The summed E-state index contributed by atoms with van der Waals surface area (Å²) < 4.78 is 95.2. The average Bonchev–Trinajstić information content (AvgIpc) is 3.06. The molecule has 1 amide bonds. The molecule has 284 valence electrons. The normalized spacial score (nSPS) is 11.7. The first-order valence-electron chi connectivity index (χ1n) is 14.2. The maximum atomic E-state index is 11.8. The molecule has 52 heavy (non-hydrogen) atoms. The van der Waals surface area contributed by atoms with Gasteiger partial charge < -0.3 is 31.5 Å². The Bertz CT molecular complexity index is 1600. The van der Waals surface area contributed by atoms with Gasteiger partial charge in [-0.05, 0) is 58.0 Å². The van der Waals surface area contributed by atoms with Gasteiger partial charge in [-0.15, -0.1) is 0 Å². The van der Waals surface area contributed by atoms with Crippen LogP contribution in [-0.4, -0.2) is 75.9 Å². The van der Waals surface area contributed by atoms with Crippen molar-refractivity contribution in [3.8, 4) is 5.75 Å². The van der Waals surface area contributed by atoms with Crippen molar-refractivity contribution in [3.63, 3.8) is 0 Å². The van der Waals surface area contributed by atoms with Gasteiger partial charge >= 0.3 is 36.4 Å². The number of carbonyl (C=O) groups is 4. The number of hydrogen-bond donors (Lipinski definition) is 6. The van der Waals surface area contributed by atoms with E-state index in [-0.39, 0.29) is 11.7 Å². The summed E-state index contributed by atoms with van der Waals surface area (Å²) in [6.07, 6.45) is -11.1. The maximum absolute atomic E-state index is 11.8. The predicted molar refractivity (Wildman–Crippen MR) is 169 cm³/mol. The summed E-state index contributed by atoms with van der Waals surface area (Å²) in [5.74, 6) is -8.18. The largest absolute Gasteiger partial charge is 0.508 e. The number of amides is 1. The standard InChI is InChI=1S/C27H28N2O2.3C2HF3O2/c1-2-25(21-6-4-3-5-7-21)27(23-13-15-24(30)16-14-23)22-11-8-20(9-12-22)10-17-26(31)29-19-18-28;3*3-2(4,5)1(6)7/h3-17,30H,2,18-19,28H2,1H3,(H,29,31);3*(H,6,7)/b17-10+,27-25-;;;. The first-order valence-corrected chi connectivity index (χ1v) is 14.2. The van der Waals surface area contributed by atoms with E-state index >= 15 is 0 Å². The molecule has 3 aromatic carbocycles. The lowest BCUT2D eigenvalue weighted by Gasteiger charge is -2.16.